The molecule has 2 aliphatic heterocycles. The summed E-state index contributed by atoms with van der Waals surface area (Å²) in [5.41, 5.74) is -0.684. The first-order valence-corrected chi connectivity index (χ1v) is 11.7. The quantitative estimate of drug-likeness (QED) is 0.532. The number of amides is 5. The van der Waals surface area contributed by atoms with Crippen LogP contribution in [0.5, 0.6) is 0 Å². The van der Waals surface area contributed by atoms with Gasteiger partial charge in [0, 0.05) is 24.8 Å². The number of ether oxygens (including phenoxy) is 2. The van der Waals surface area contributed by atoms with Crippen molar-refractivity contribution in [2.75, 3.05) is 25.5 Å². The number of alkyl halides is 3. The summed E-state index contributed by atoms with van der Waals surface area (Å²) in [6.45, 7) is -1.15. The Morgan fingerprint density at radius 2 is 1.85 bits per heavy atom. The van der Waals surface area contributed by atoms with Crippen LogP contribution in [-0.4, -0.2) is 66.2 Å². The number of benzene rings is 2. The zero-order valence-corrected chi connectivity index (χ0v) is 20.8. The van der Waals surface area contributed by atoms with E-state index >= 15 is 0 Å². The van der Waals surface area contributed by atoms with Crippen molar-refractivity contribution in [3.05, 3.63) is 65.0 Å². The minimum absolute atomic E-state index is 0.0264. The molecule has 2 aliphatic rings. The molecule has 1 fully saturated rings. The lowest BCUT2D eigenvalue weighted by atomic mass is 9.87. The van der Waals surface area contributed by atoms with E-state index in [1.165, 1.54) is 37.4 Å². The van der Waals surface area contributed by atoms with Crippen molar-refractivity contribution in [3.8, 4) is 0 Å². The van der Waals surface area contributed by atoms with E-state index in [2.05, 4.69) is 10.6 Å². The van der Waals surface area contributed by atoms with Crippen molar-refractivity contribution in [1.82, 2.24) is 15.1 Å². The van der Waals surface area contributed by atoms with E-state index in [1.807, 2.05) is 0 Å². The van der Waals surface area contributed by atoms with Crippen molar-refractivity contribution in [2.24, 2.45) is 0 Å². The highest BCUT2D eigenvalue weighted by Crippen LogP contribution is 2.41. The number of halogens is 4. The lowest BCUT2D eigenvalue weighted by Crippen LogP contribution is -2.52. The largest absolute Gasteiger partial charge is 0.425 e. The number of imide groups is 1. The van der Waals surface area contributed by atoms with Gasteiger partial charge in [-0.1, -0.05) is 18.2 Å². The van der Waals surface area contributed by atoms with Crippen LogP contribution in [0.15, 0.2) is 42.5 Å². The highest BCUT2D eigenvalue weighted by Gasteiger charge is 2.58. The molecule has 1 saturated heterocycles. The molecule has 14 heteroatoms. The summed E-state index contributed by atoms with van der Waals surface area (Å²) in [5, 5.41) is 4.95. The fourth-order valence-corrected chi connectivity index (χ4v) is 4.34. The zero-order chi connectivity index (χ0) is 28.5. The van der Waals surface area contributed by atoms with E-state index in [9.17, 15) is 36.7 Å². The molecule has 5 amide bonds. The standard InChI is InChI=1S/C25H24F4N4O6/c1-14(25(27,28)29)32(10-15-3-5-17(26)6-4-15)20(34)11-33-21(35)24(39-23(33)37)13-38-12-16-9-18(7-8-19(16)24)31-22(36)30-2/h3-9,14H,10-13H2,1-2H3,(H2,30,31,36)/t14?,24-/m0/s1. The summed E-state index contributed by atoms with van der Waals surface area (Å²) in [4.78, 5) is 51.9. The first kappa shape index (κ1) is 27.8. The monoisotopic (exact) mass is 552 g/mol. The fourth-order valence-electron chi connectivity index (χ4n) is 4.34. The number of fused-ring (bicyclic) bond motifs is 2. The molecule has 2 atom stereocenters. The molecule has 39 heavy (non-hydrogen) atoms. The number of hydrogen-bond donors (Lipinski definition) is 2. The van der Waals surface area contributed by atoms with E-state index in [1.54, 1.807) is 0 Å². The highest BCUT2D eigenvalue weighted by molar-refractivity contribution is 6.06. The maximum absolute atomic E-state index is 13.6. The van der Waals surface area contributed by atoms with Gasteiger partial charge in [-0.05, 0) is 42.3 Å². The van der Waals surface area contributed by atoms with Crippen LogP contribution in [-0.2, 0) is 37.8 Å². The average Bonchev–Trinajstić information content (AvgIpc) is 3.11. The van der Waals surface area contributed by atoms with Gasteiger partial charge in [0.25, 0.3) is 5.91 Å². The van der Waals surface area contributed by atoms with Gasteiger partial charge in [-0.15, -0.1) is 0 Å². The molecule has 0 aromatic heterocycles. The Bertz CT molecular complexity index is 1300. The van der Waals surface area contributed by atoms with Gasteiger partial charge in [0.1, 0.15) is 25.0 Å². The summed E-state index contributed by atoms with van der Waals surface area (Å²) in [7, 11) is 1.43. The summed E-state index contributed by atoms with van der Waals surface area (Å²) in [6.07, 6.45) is -6.04. The number of carbonyl (C=O) groups excluding carboxylic acids is 4. The maximum atomic E-state index is 13.6. The maximum Gasteiger partial charge on any atom is 0.418 e. The highest BCUT2D eigenvalue weighted by atomic mass is 19.4. The Morgan fingerprint density at radius 3 is 2.49 bits per heavy atom. The molecule has 2 heterocycles. The van der Waals surface area contributed by atoms with Gasteiger partial charge in [0.15, 0.2) is 0 Å². The summed E-state index contributed by atoms with van der Waals surface area (Å²) in [5.74, 6) is -2.76. The van der Waals surface area contributed by atoms with Gasteiger partial charge in [-0.25, -0.2) is 18.9 Å². The van der Waals surface area contributed by atoms with Gasteiger partial charge in [0.2, 0.25) is 11.5 Å². The third-order valence-corrected chi connectivity index (χ3v) is 6.48. The molecule has 0 saturated carbocycles. The Labute approximate surface area is 219 Å². The van der Waals surface area contributed by atoms with Crippen LogP contribution in [0, 0.1) is 5.82 Å². The van der Waals surface area contributed by atoms with E-state index in [4.69, 9.17) is 9.47 Å². The van der Waals surface area contributed by atoms with Gasteiger partial charge < -0.3 is 25.0 Å². The van der Waals surface area contributed by atoms with Crippen LogP contribution in [0.4, 0.5) is 32.8 Å². The number of nitrogens with one attached hydrogen (secondary N) is 2. The minimum Gasteiger partial charge on any atom is -0.425 e. The van der Waals surface area contributed by atoms with Crippen LogP contribution in [0.3, 0.4) is 0 Å². The molecule has 2 aromatic carbocycles. The van der Waals surface area contributed by atoms with Gasteiger partial charge in [0.05, 0.1) is 6.61 Å². The molecule has 208 valence electrons. The molecular formula is C25H24F4N4O6. The van der Waals surface area contributed by atoms with Gasteiger partial charge >= 0.3 is 18.3 Å². The number of hydrogen-bond acceptors (Lipinski definition) is 6. The third-order valence-electron chi connectivity index (χ3n) is 6.48. The Morgan fingerprint density at radius 1 is 1.15 bits per heavy atom. The Hall–Kier alpha value is -4.20. The Kier molecular flexibility index (Phi) is 7.50. The summed E-state index contributed by atoms with van der Waals surface area (Å²) in [6, 6.07) is 6.23. The Balaban J connectivity index is 1.59. The SMILES string of the molecule is CNC(=O)Nc1ccc2c(c1)COC[C@]21OC(=O)N(CC(=O)N(Cc2ccc(F)cc2)C(C)C(F)(F)F)C1=O. The molecule has 0 radical (unpaired) electrons. The van der Waals surface area contributed by atoms with Crippen molar-refractivity contribution in [1.29, 1.82) is 0 Å². The molecule has 1 spiro atoms. The number of anilines is 1. The first-order valence-electron chi connectivity index (χ1n) is 11.7. The number of urea groups is 1. The van der Waals surface area contributed by atoms with Crippen LogP contribution in [0.25, 0.3) is 0 Å². The van der Waals surface area contributed by atoms with Crippen LogP contribution in [0.2, 0.25) is 0 Å². The number of carbonyl (C=O) groups is 4. The lowest BCUT2D eigenvalue weighted by molar-refractivity contribution is -0.187. The van der Waals surface area contributed by atoms with Crippen LogP contribution < -0.4 is 10.6 Å². The molecular weight excluding hydrogens is 528 g/mol. The van der Waals surface area contributed by atoms with Crippen molar-refractivity contribution in [2.45, 2.75) is 37.9 Å². The zero-order valence-electron chi connectivity index (χ0n) is 20.8. The molecule has 2 N–H and O–H groups in total. The number of nitrogens with zero attached hydrogens (tertiary/aromatic N) is 2. The van der Waals surface area contributed by atoms with E-state index in [0.29, 0.717) is 21.1 Å². The first-order chi connectivity index (χ1) is 18.4. The predicted molar refractivity (Wildman–Crippen MR) is 127 cm³/mol. The second-order valence-corrected chi connectivity index (χ2v) is 9.02. The average molecular weight is 552 g/mol. The van der Waals surface area contributed by atoms with Crippen molar-refractivity contribution in [3.63, 3.8) is 0 Å². The van der Waals surface area contributed by atoms with E-state index in [-0.39, 0.29) is 24.3 Å². The molecule has 10 nitrogen and oxygen atoms in total. The predicted octanol–water partition coefficient (Wildman–Crippen LogP) is 3.26. The van der Waals surface area contributed by atoms with Crippen LogP contribution in [0.1, 0.15) is 23.6 Å². The normalized spacial score (nSPS) is 19.4. The van der Waals surface area contributed by atoms with Crippen molar-refractivity contribution >= 4 is 29.6 Å². The van der Waals surface area contributed by atoms with Gasteiger partial charge in [-0.2, -0.15) is 13.2 Å². The molecule has 1 unspecified atom stereocenters. The van der Waals surface area contributed by atoms with Gasteiger partial charge in [-0.3, -0.25) is 9.59 Å². The molecule has 4 rings (SSSR count). The minimum atomic E-state index is -4.82. The third kappa shape index (κ3) is 5.50. The molecule has 0 bridgehead atoms. The molecule has 0 aliphatic carbocycles. The molecule has 2 aromatic rings. The fraction of sp³-hybridized carbons (Fsp3) is 0.360. The van der Waals surface area contributed by atoms with Crippen molar-refractivity contribution < 1.29 is 46.2 Å². The lowest BCUT2D eigenvalue weighted by Gasteiger charge is -2.33. The van der Waals surface area contributed by atoms with Crippen LogP contribution >= 0.6 is 0 Å². The topological polar surface area (TPSA) is 117 Å². The second kappa shape index (κ2) is 10.5. The summed E-state index contributed by atoms with van der Waals surface area (Å²) < 4.78 is 65.0. The van der Waals surface area contributed by atoms with E-state index in [0.717, 1.165) is 19.1 Å². The smallest absolute Gasteiger partial charge is 0.418 e. The van der Waals surface area contributed by atoms with E-state index < -0.39 is 60.7 Å². The second-order valence-electron chi connectivity index (χ2n) is 9.02. The summed E-state index contributed by atoms with van der Waals surface area (Å²) >= 11 is 0. The number of rotatable bonds is 6.